The van der Waals surface area contributed by atoms with Crippen LogP contribution in [0.25, 0.3) is 11.1 Å². The topological polar surface area (TPSA) is 12.0 Å². The average Bonchev–Trinajstić information content (AvgIpc) is 2.42. The van der Waals surface area contributed by atoms with Crippen molar-refractivity contribution in [2.45, 2.75) is 26.8 Å². The minimum atomic E-state index is -0.150. The maximum absolute atomic E-state index is 13.6. The molecule has 1 atom stereocenters. The molecule has 0 fully saturated rings. The molecule has 0 saturated carbocycles. The molecule has 2 heteroatoms. The van der Waals surface area contributed by atoms with Crippen molar-refractivity contribution in [1.29, 1.82) is 0 Å². The van der Waals surface area contributed by atoms with Gasteiger partial charge in [0.25, 0.3) is 0 Å². The van der Waals surface area contributed by atoms with E-state index in [-0.39, 0.29) is 5.82 Å². The molecule has 0 aromatic heterocycles. The minimum absolute atomic E-state index is 0.150. The van der Waals surface area contributed by atoms with Crippen LogP contribution in [-0.2, 0) is 0 Å². The van der Waals surface area contributed by atoms with E-state index in [1.165, 1.54) is 5.56 Å². The fourth-order valence-corrected chi connectivity index (χ4v) is 2.18. The zero-order chi connectivity index (χ0) is 13.8. The second-order valence-corrected chi connectivity index (χ2v) is 4.87. The van der Waals surface area contributed by atoms with Crippen LogP contribution >= 0.6 is 0 Å². The van der Waals surface area contributed by atoms with Crippen LogP contribution in [0, 0.1) is 12.7 Å². The molecule has 0 spiro atoms. The predicted molar refractivity (Wildman–Crippen MR) is 78.7 cm³/mol. The quantitative estimate of drug-likeness (QED) is 0.852. The molecule has 2 aromatic carbocycles. The fraction of sp³-hybridized carbons (Fsp3) is 0.294. The summed E-state index contributed by atoms with van der Waals surface area (Å²) in [5.74, 6) is -0.150. The van der Waals surface area contributed by atoms with Gasteiger partial charge in [-0.1, -0.05) is 37.3 Å². The molecule has 0 amide bonds. The Bertz CT molecular complexity index is 563. The number of rotatable bonds is 4. The molecule has 1 N–H and O–H groups in total. The lowest BCUT2D eigenvalue weighted by Crippen LogP contribution is -2.17. The van der Waals surface area contributed by atoms with Gasteiger partial charge in [0.2, 0.25) is 0 Å². The molecule has 0 aliphatic heterocycles. The first-order valence-electron chi connectivity index (χ1n) is 6.71. The molecule has 2 aromatic rings. The second-order valence-electron chi connectivity index (χ2n) is 4.87. The molecule has 1 nitrogen and oxygen atoms in total. The van der Waals surface area contributed by atoms with Crippen molar-refractivity contribution in [3.05, 3.63) is 59.4 Å². The van der Waals surface area contributed by atoms with Gasteiger partial charge in [-0.05, 0) is 54.8 Å². The molecule has 0 radical (unpaired) electrons. The monoisotopic (exact) mass is 257 g/mol. The minimum Gasteiger partial charge on any atom is -0.310 e. The molecule has 100 valence electrons. The van der Waals surface area contributed by atoms with Gasteiger partial charge in [-0.15, -0.1) is 0 Å². The first-order chi connectivity index (χ1) is 9.11. The summed E-state index contributed by atoms with van der Waals surface area (Å²) in [6.07, 6.45) is 0. The summed E-state index contributed by atoms with van der Waals surface area (Å²) < 4.78 is 13.6. The Morgan fingerprint density at radius 3 is 2.53 bits per heavy atom. The van der Waals surface area contributed by atoms with Crippen molar-refractivity contribution in [3.8, 4) is 11.1 Å². The van der Waals surface area contributed by atoms with Crippen LogP contribution in [0.3, 0.4) is 0 Å². The molecular weight excluding hydrogens is 237 g/mol. The third-order valence-electron chi connectivity index (χ3n) is 3.40. The lowest BCUT2D eigenvalue weighted by Gasteiger charge is -2.14. The fourth-order valence-electron chi connectivity index (χ4n) is 2.18. The molecule has 0 heterocycles. The van der Waals surface area contributed by atoms with Gasteiger partial charge in [-0.25, -0.2) is 4.39 Å². The predicted octanol–water partition coefficient (Wildman–Crippen LogP) is 4.47. The van der Waals surface area contributed by atoms with E-state index < -0.39 is 0 Å². The van der Waals surface area contributed by atoms with Gasteiger partial charge in [0.1, 0.15) is 5.82 Å². The third kappa shape index (κ3) is 3.21. The maximum Gasteiger partial charge on any atom is 0.126 e. The highest BCUT2D eigenvalue weighted by Gasteiger charge is 2.06. The van der Waals surface area contributed by atoms with E-state index in [9.17, 15) is 4.39 Å². The summed E-state index contributed by atoms with van der Waals surface area (Å²) in [4.78, 5) is 0. The Balaban J connectivity index is 2.34. The van der Waals surface area contributed by atoms with E-state index in [1.54, 1.807) is 13.0 Å². The Labute approximate surface area is 114 Å². The van der Waals surface area contributed by atoms with Gasteiger partial charge in [0, 0.05) is 6.04 Å². The number of aryl methyl sites for hydroxylation is 1. The number of benzene rings is 2. The average molecular weight is 257 g/mol. The second kappa shape index (κ2) is 5.98. The summed E-state index contributed by atoms with van der Waals surface area (Å²) in [6, 6.07) is 14.0. The highest BCUT2D eigenvalue weighted by Crippen LogP contribution is 2.24. The van der Waals surface area contributed by atoms with E-state index in [1.807, 2.05) is 24.3 Å². The highest BCUT2D eigenvalue weighted by atomic mass is 19.1. The highest BCUT2D eigenvalue weighted by molar-refractivity contribution is 5.64. The number of hydrogen-bond donors (Lipinski definition) is 1. The van der Waals surface area contributed by atoms with Crippen LogP contribution in [0.5, 0.6) is 0 Å². The molecule has 0 bridgehead atoms. The Morgan fingerprint density at radius 2 is 1.84 bits per heavy atom. The van der Waals surface area contributed by atoms with E-state index in [4.69, 9.17) is 0 Å². The summed E-state index contributed by atoms with van der Waals surface area (Å²) in [7, 11) is 0. The van der Waals surface area contributed by atoms with Crippen LogP contribution < -0.4 is 5.32 Å². The molecule has 19 heavy (non-hydrogen) atoms. The van der Waals surface area contributed by atoms with Gasteiger partial charge in [0.15, 0.2) is 0 Å². The maximum atomic E-state index is 13.6. The van der Waals surface area contributed by atoms with Crippen molar-refractivity contribution in [3.63, 3.8) is 0 Å². The lowest BCUT2D eigenvalue weighted by atomic mass is 9.99. The van der Waals surface area contributed by atoms with Crippen LogP contribution in [0.2, 0.25) is 0 Å². The first kappa shape index (κ1) is 13.8. The molecule has 1 unspecified atom stereocenters. The Hall–Kier alpha value is -1.67. The third-order valence-corrected chi connectivity index (χ3v) is 3.40. The molecule has 2 rings (SSSR count). The zero-order valence-corrected chi connectivity index (χ0v) is 11.7. The van der Waals surface area contributed by atoms with Crippen LogP contribution in [0.15, 0.2) is 42.5 Å². The summed E-state index contributed by atoms with van der Waals surface area (Å²) in [6.45, 7) is 6.95. The van der Waals surface area contributed by atoms with Crippen molar-refractivity contribution < 1.29 is 4.39 Å². The Kier molecular flexibility index (Phi) is 4.33. The van der Waals surface area contributed by atoms with Gasteiger partial charge >= 0.3 is 0 Å². The van der Waals surface area contributed by atoms with Gasteiger partial charge in [-0.3, -0.25) is 0 Å². The molecule has 0 aliphatic carbocycles. The van der Waals surface area contributed by atoms with Crippen molar-refractivity contribution >= 4 is 0 Å². The SMILES string of the molecule is CCNC(C)c1cccc(-c2ccc(C)c(F)c2)c1. The Morgan fingerprint density at radius 1 is 1.11 bits per heavy atom. The number of halogens is 1. The largest absolute Gasteiger partial charge is 0.310 e. The van der Waals surface area contributed by atoms with E-state index in [2.05, 4.69) is 31.3 Å². The van der Waals surface area contributed by atoms with Gasteiger partial charge in [0.05, 0.1) is 0 Å². The summed E-state index contributed by atoms with van der Waals surface area (Å²) in [5, 5.41) is 3.39. The number of hydrogen-bond acceptors (Lipinski definition) is 1. The van der Waals surface area contributed by atoms with Crippen LogP contribution in [0.1, 0.15) is 31.0 Å². The molecule has 0 aliphatic rings. The smallest absolute Gasteiger partial charge is 0.126 e. The van der Waals surface area contributed by atoms with Crippen molar-refractivity contribution in [2.24, 2.45) is 0 Å². The summed E-state index contributed by atoms with van der Waals surface area (Å²) in [5.41, 5.74) is 3.89. The van der Waals surface area contributed by atoms with E-state index in [0.717, 1.165) is 17.7 Å². The standard InChI is InChI=1S/C17H20FN/c1-4-19-13(3)14-6-5-7-15(10-14)16-9-8-12(2)17(18)11-16/h5-11,13,19H,4H2,1-3H3. The van der Waals surface area contributed by atoms with Gasteiger partial charge < -0.3 is 5.32 Å². The van der Waals surface area contributed by atoms with E-state index in [0.29, 0.717) is 11.6 Å². The molecule has 0 saturated heterocycles. The van der Waals surface area contributed by atoms with E-state index >= 15 is 0 Å². The van der Waals surface area contributed by atoms with Crippen molar-refractivity contribution in [1.82, 2.24) is 5.32 Å². The summed E-state index contributed by atoms with van der Waals surface area (Å²) >= 11 is 0. The van der Waals surface area contributed by atoms with Gasteiger partial charge in [-0.2, -0.15) is 0 Å². The molecular formula is C17H20FN. The lowest BCUT2D eigenvalue weighted by molar-refractivity contribution is 0.598. The van der Waals surface area contributed by atoms with Crippen LogP contribution in [-0.4, -0.2) is 6.54 Å². The van der Waals surface area contributed by atoms with Crippen LogP contribution in [0.4, 0.5) is 4.39 Å². The number of nitrogens with one attached hydrogen (secondary N) is 1. The first-order valence-corrected chi connectivity index (χ1v) is 6.71. The normalized spacial score (nSPS) is 12.4. The zero-order valence-electron chi connectivity index (χ0n) is 11.7. The van der Waals surface area contributed by atoms with Crippen molar-refractivity contribution in [2.75, 3.05) is 6.54 Å².